The van der Waals surface area contributed by atoms with Gasteiger partial charge in [-0.05, 0) is 32.6 Å². The van der Waals surface area contributed by atoms with Gasteiger partial charge in [0.1, 0.15) is 6.04 Å². The van der Waals surface area contributed by atoms with E-state index in [1.807, 2.05) is 20.8 Å². The minimum atomic E-state index is -0.862. The van der Waals surface area contributed by atoms with E-state index < -0.39 is 5.60 Å². The minimum Gasteiger partial charge on any atom is -0.388 e. The number of carbonyl (C=O) groups is 1. The molecule has 0 spiro atoms. The molecule has 136 valence electrons. The number of aromatic nitrogens is 2. The number of nitrogens with one attached hydrogen (secondary N) is 2. The molecule has 24 heavy (non-hydrogen) atoms. The van der Waals surface area contributed by atoms with E-state index in [0.29, 0.717) is 24.7 Å². The third-order valence-corrected chi connectivity index (χ3v) is 5.04. The first kappa shape index (κ1) is 18.7. The zero-order valence-corrected chi connectivity index (χ0v) is 15.0. The highest BCUT2D eigenvalue weighted by atomic mass is 16.5. The zero-order chi connectivity index (χ0) is 17.6. The van der Waals surface area contributed by atoms with Crippen LogP contribution in [0.5, 0.6) is 0 Å². The number of hydrogen-bond acceptors (Lipinski definition) is 5. The monoisotopic (exact) mass is 338 g/mol. The average molecular weight is 338 g/mol. The van der Waals surface area contributed by atoms with E-state index in [4.69, 9.17) is 4.52 Å². The van der Waals surface area contributed by atoms with Crippen LogP contribution in [0.15, 0.2) is 4.52 Å². The Balaban J connectivity index is 1.84. The van der Waals surface area contributed by atoms with Gasteiger partial charge in [0, 0.05) is 12.5 Å². The summed E-state index contributed by atoms with van der Waals surface area (Å²) in [6.45, 7) is 5.83. The van der Waals surface area contributed by atoms with Gasteiger partial charge in [0.15, 0.2) is 5.82 Å². The van der Waals surface area contributed by atoms with Crippen LogP contribution in [-0.4, -0.2) is 33.4 Å². The van der Waals surface area contributed by atoms with E-state index in [1.54, 1.807) is 0 Å². The predicted molar refractivity (Wildman–Crippen MR) is 90.6 cm³/mol. The highest BCUT2D eigenvalue weighted by Gasteiger charge is 2.25. The molecule has 1 aromatic heterocycles. The quantitative estimate of drug-likeness (QED) is 0.709. The number of aliphatic hydroxyl groups is 1. The lowest BCUT2D eigenvalue weighted by Gasteiger charge is -2.25. The van der Waals surface area contributed by atoms with Crippen molar-refractivity contribution >= 4 is 6.03 Å². The predicted octanol–water partition coefficient (Wildman–Crippen LogP) is 3.03. The summed E-state index contributed by atoms with van der Waals surface area (Å²) in [5, 5.41) is 19.8. The number of amides is 2. The molecule has 1 saturated carbocycles. The lowest BCUT2D eigenvalue weighted by molar-refractivity contribution is 0.0348. The third-order valence-electron chi connectivity index (χ3n) is 5.04. The summed E-state index contributed by atoms with van der Waals surface area (Å²) in [4.78, 5) is 16.4. The topological polar surface area (TPSA) is 100 Å². The van der Waals surface area contributed by atoms with Crippen LogP contribution in [0.1, 0.15) is 89.4 Å². The van der Waals surface area contributed by atoms with Gasteiger partial charge in [-0.2, -0.15) is 4.98 Å². The normalized spacial score (nSPS) is 17.5. The van der Waals surface area contributed by atoms with E-state index in [2.05, 4.69) is 20.8 Å². The van der Waals surface area contributed by atoms with E-state index in [0.717, 1.165) is 18.7 Å². The second-order valence-corrected chi connectivity index (χ2v) is 6.81. The second kappa shape index (κ2) is 8.46. The van der Waals surface area contributed by atoms with Crippen LogP contribution in [0.4, 0.5) is 4.79 Å². The van der Waals surface area contributed by atoms with Crippen LogP contribution in [0.2, 0.25) is 0 Å². The molecule has 1 aromatic rings. The smallest absolute Gasteiger partial charge is 0.315 e. The molecule has 7 heteroatoms. The molecule has 0 bridgehead atoms. The third kappa shape index (κ3) is 4.93. The summed E-state index contributed by atoms with van der Waals surface area (Å²) in [6.07, 6.45) is 7.09. The van der Waals surface area contributed by atoms with Crippen LogP contribution < -0.4 is 10.6 Å². The maximum absolute atomic E-state index is 12.0. The standard InChI is InChI=1S/C17H30N4O3/c1-4-17(23,5-2)11-18-16(22)19-12(3)15-20-14(21-24-15)13-9-7-6-8-10-13/h12-13,23H,4-11H2,1-3H3,(H2,18,19,22). The zero-order valence-electron chi connectivity index (χ0n) is 15.0. The first-order valence-corrected chi connectivity index (χ1v) is 9.07. The molecule has 1 atom stereocenters. The van der Waals surface area contributed by atoms with Crippen molar-refractivity contribution in [3.63, 3.8) is 0 Å². The lowest BCUT2D eigenvalue weighted by atomic mass is 9.89. The van der Waals surface area contributed by atoms with Gasteiger partial charge >= 0.3 is 6.03 Å². The van der Waals surface area contributed by atoms with Gasteiger partial charge in [-0.1, -0.05) is 38.3 Å². The lowest BCUT2D eigenvalue weighted by Crippen LogP contribution is -2.46. The van der Waals surface area contributed by atoms with Crippen LogP contribution in [0, 0.1) is 0 Å². The fraction of sp³-hybridized carbons (Fsp3) is 0.824. The molecule has 0 radical (unpaired) electrons. The summed E-state index contributed by atoms with van der Waals surface area (Å²) in [5.74, 6) is 1.55. The fourth-order valence-electron chi connectivity index (χ4n) is 3.00. The van der Waals surface area contributed by atoms with Crippen LogP contribution >= 0.6 is 0 Å². The maximum Gasteiger partial charge on any atom is 0.315 e. The molecule has 1 heterocycles. The maximum atomic E-state index is 12.0. The Bertz CT molecular complexity index is 522. The molecule has 0 aromatic carbocycles. The van der Waals surface area contributed by atoms with Crippen molar-refractivity contribution in [2.24, 2.45) is 0 Å². The number of nitrogens with zero attached hydrogens (tertiary/aromatic N) is 2. The van der Waals surface area contributed by atoms with E-state index >= 15 is 0 Å². The molecule has 1 unspecified atom stereocenters. The Kier molecular flexibility index (Phi) is 6.60. The molecule has 2 amide bonds. The molecule has 2 rings (SSSR count). The van der Waals surface area contributed by atoms with Crippen molar-refractivity contribution in [2.45, 2.75) is 83.3 Å². The van der Waals surface area contributed by atoms with Crippen molar-refractivity contribution in [1.82, 2.24) is 20.8 Å². The van der Waals surface area contributed by atoms with Gasteiger partial charge in [-0.3, -0.25) is 0 Å². The summed E-state index contributed by atoms with van der Waals surface area (Å²) in [7, 11) is 0. The SMILES string of the molecule is CCC(O)(CC)CNC(=O)NC(C)c1nc(C2CCCCC2)no1. The van der Waals surface area contributed by atoms with Gasteiger partial charge in [0.05, 0.1) is 5.60 Å². The first-order valence-electron chi connectivity index (χ1n) is 9.07. The summed E-state index contributed by atoms with van der Waals surface area (Å²) in [6, 6.07) is -0.716. The largest absolute Gasteiger partial charge is 0.388 e. The van der Waals surface area contributed by atoms with Crippen LogP contribution in [0.25, 0.3) is 0 Å². The fourth-order valence-corrected chi connectivity index (χ4v) is 3.00. The van der Waals surface area contributed by atoms with Gasteiger partial charge in [-0.25, -0.2) is 4.79 Å². The molecular formula is C17H30N4O3. The van der Waals surface area contributed by atoms with Gasteiger partial charge in [0.25, 0.3) is 0 Å². The second-order valence-electron chi connectivity index (χ2n) is 6.81. The van der Waals surface area contributed by atoms with Crippen LogP contribution in [-0.2, 0) is 0 Å². The van der Waals surface area contributed by atoms with Gasteiger partial charge < -0.3 is 20.3 Å². The Labute approximate surface area is 143 Å². The van der Waals surface area contributed by atoms with E-state index in [-0.39, 0.29) is 18.6 Å². The van der Waals surface area contributed by atoms with Crippen LogP contribution in [0.3, 0.4) is 0 Å². The average Bonchev–Trinajstić information content (AvgIpc) is 3.11. The van der Waals surface area contributed by atoms with Crippen molar-refractivity contribution in [2.75, 3.05) is 6.54 Å². The number of rotatable bonds is 7. The van der Waals surface area contributed by atoms with Crippen molar-refractivity contribution in [1.29, 1.82) is 0 Å². The van der Waals surface area contributed by atoms with Crippen molar-refractivity contribution in [3.8, 4) is 0 Å². The van der Waals surface area contributed by atoms with E-state index in [1.165, 1.54) is 19.3 Å². The molecule has 3 N–H and O–H groups in total. The van der Waals surface area contributed by atoms with Gasteiger partial charge in [-0.15, -0.1) is 0 Å². The Morgan fingerprint density at radius 2 is 2.00 bits per heavy atom. The summed E-state index contributed by atoms with van der Waals surface area (Å²) < 4.78 is 5.32. The molecule has 1 fully saturated rings. The number of urea groups is 1. The Morgan fingerprint density at radius 1 is 1.33 bits per heavy atom. The molecule has 0 aliphatic heterocycles. The minimum absolute atomic E-state index is 0.218. The van der Waals surface area contributed by atoms with E-state index in [9.17, 15) is 9.90 Å². The highest BCUT2D eigenvalue weighted by Crippen LogP contribution is 2.31. The molecule has 1 aliphatic carbocycles. The Hall–Kier alpha value is -1.63. The summed E-state index contributed by atoms with van der Waals surface area (Å²) in [5.41, 5.74) is -0.862. The number of hydrogen-bond donors (Lipinski definition) is 3. The molecule has 0 saturated heterocycles. The van der Waals surface area contributed by atoms with Gasteiger partial charge in [0.2, 0.25) is 5.89 Å². The Morgan fingerprint density at radius 3 is 2.62 bits per heavy atom. The first-order chi connectivity index (χ1) is 11.5. The molecule has 7 nitrogen and oxygen atoms in total. The van der Waals surface area contributed by atoms with Crippen molar-refractivity contribution < 1.29 is 14.4 Å². The molecule has 1 aliphatic rings. The molecular weight excluding hydrogens is 308 g/mol. The summed E-state index contributed by atoms with van der Waals surface area (Å²) >= 11 is 0. The number of carbonyl (C=O) groups excluding carboxylic acids is 1. The highest BCUT2D eigenvalue weighted by molar-refractivity contribution is 5.74. The van der Waals surface area contributed by atoms with Crippen molar-refractivity contribution in [3.05, 3.63) is 11.7 Å².